The molecular weight excluding hydrogens is 277 g/mol. The molecule has 0 aliphatic heterocycles. The minimum Gasteiger partial charge on any atom is -0.320 e. The molecule has 0 amide bonds. The molecule has 0 bridgehead atoms. The Balaban J connectivity index is 2.49. The molecule has 0 spiro atoms. The Labute approximate surface area is 124 Å². The minimum atomic E-state index is -0.260. The first-order chi connectivity index (χ1) is 8.88. The molecular formula is C16H17Cl2N. The normalized spacial score (nSPS) is 12.5. The van der Waals surface area contributed by atoms with Crippen molar-refractivity contribution in [3.05, 3.63) is 68.2 Å². The molecule has 2 N–H and O–H groups in total. The third-order valence-electron chi connectivity index (χ3n) is 3.37. The van der Waals surface area contributed by atoms with Crippen LogP contribution in [0, 0.1) is 20.8 Å². The highest BCUT2D eigenvalue weighted by Gasteiger charge is 2.14. The molecule has 0 aliphatic rings. The maximum absolute atomic E-state index is 6.33. The Kier molecular flexibility index (Phi) is 4.19. The lowest BCUT2D eigenvalue weighted by atomic mass is 9.95. The van der Waals surface area contributed by atoms with Crippen molar-refractivity contribution in [3.63, 3.8) is 0 Å². The van der Waals surface area contributed by atoms with E-state index in [0.29, 0.717) is 10.0 Å². The van der Waals surface area contributed by atoms with Gasteiger partial charge in [-0.15, -0.1) is 0 Å². The van der Waals surface area contributed by atoms with Crippen LogP contribution in [0.25, 0.3) is 0 Å². The Morgan fingerprint density at radius 2 is 1.53 bits per heavy atom. The quantitative estimate of drug-likeness (QED) is 0.831. The van der Waals surface area contributed by atoms with Crippen molar-refractivity contribution in [2.45, 2.75) is 26.8 Å². The van der Waals surface area contributed by atoms with Crippen LogP contribution in [-0.4, -0.2) is 0 Å². The SMILES string of the molecule is Cc1cc(Cl)cc(C(N)c2cc(C)c(C)cc2Cl)c1. The van der Waals surface area contributed by atoms with E-state index in [1.807, 2.05) is 38.1 Å². The molecule has 2 aromatic carbocycles. The summed E-state index contributed by atoms with van der Waals surface area (Å²) in [5.74, 6) is 0. The fourth-order valence-electron chi connectivity index (χ4n) is 2.17. The fourth-order valence-corrected chi connectivity index (χ4v) is 2.80. The number of aryl methyl sites for hydroxylation is 3. The van der Waals surface area contributed by atoms with E-state index < -0.39 is 0 Å². The van der Waals surface area contributed by atoms with Gasteiger partial charge in [0.25, 0.3) is 0 Å². The molecule has 0 aromatic heterocycles. The average molecular weight is 294 g/mol. The van der Waals surface area contributed by atoms with E-state index >= 15 is 0 Å². The third kappa shape index (κ3) is 3.11. The van der Waals surface area contributed by atoms with Gasteiger partial charge in [-0.3, -0.25) is 0 Å². The molecule has 1 unspecified atom stereocenters. The van der Waals surface area contributed by atoms with Gasteiger partial charge in [-0.1, -0.05) is 35.3 Å². The summed E-state index contributed by atoms with van der Waals surface area (Å²) in [5.41, 5.74) is 11.7. The van der Waals surface area contributed by atoms with Gasteiger partial charge < -0.3 is 5.73 Å². The zero-order valence-corrected chi connectivity index (χ0v) is 12.8. The summed E-state index contributed by atoms with van der Waals surface area (Å²) in [7, 11) is 0. The molecule has 0 fully saturated rings. The Hall–Kier alpha value is -1.02. The van der Waals surface area contributed by atoms with E-state index in [-0.39, 0.29) is 6.04 Å². The fraction of sp³-hybridized carbons (Fsp3) is 0.250. The lowest BCUT2D eigenvalue weighted by Crippen LogP contribution is -2.13. The summed E-state index contributed by atoms with van der Waals surface area (Å²) in [5, 5.41) is 1.40. The van der Waals surface area contributed by atoms with Crippen molar-refractivity contribution in [1.82, 2.24) is 0 Å². The second kappa shape index (κ2) is 5.54. The van der Waals surface area contributed by atoms with Gasteiger partial charge in [0.1, 0.15) is 0 Å². The lowest BCUT2D eigenvalue weighted by molar-refractivity contribution is 0.867. The molecule has 1 atom stereocenters. The number of nitrogens with two attached hydrogens (primary N) is 1. The Morgan fingerprint density at radius 1 is 0.895 bits per heavy atom. The summed E-state index contributed by atoms with van der Waals surface area (Å²) < 4.78 is 0. The van der Waals surface area contributed by atoms with Crippen molar-refractivity contribution >= 4 is 23.2 Å². The molecule has 3 heteroatoms. The molecule has 0 saturated heterocycles. The molecule has 100 valence electrons. The average Bonchev–Trinajstić information content (AvgIpc) is 2.31. The summed E-state index contributed by atoms with van der Waals surface area (Å²) in [4.78, 5) is 0. The monoisotopic (exact) mass is 293 g/mol. The molecule has 2 aromatic rings. The van der Waals surface area contributed by atoms with Crippen LogP contribution in [0.2, 0.25) is 10.0 Å². The van der Waals surface area contributed by atoms with E-state index in [4.69, 9.17) is 28.9 Å². The molecule has 2 rings (SSSR count). The first-order valence-electron chi connectivity index (χ1n) is 6.18. The van der Waals surface area contributed by atoms with Gasteiger partial charge in [0.2, 0.25) is 0 Å². The summed E-state index contributed by atoms with van der Waals surface area (Å²) in [6.45, 7) is 6.11. The van der Waals surface area contributed by atoms with Crippen molar-refractivity contribution in [1.29, 1.82) is 0 Å². The highest BCUT2D eigenvalue weighted by Crippen LogP contribution is 2.30. The molecule has 0 radical (unpaired) electrons. The summed E-state index contributed by atoms with van der Waals surface area (Å²) in [6.07, 6.45) is 0. The lowest BCUT2D eigenvalue weighted by Gasteiger charge is -2.17. The number of hydrogen-bond acceptors (Lipinski definition) is 1. The van der Waals surface area contributed by atoms with Gasteiger partial charge in [0.15, 0.2) is 0 Å². The molecule has 0 saturated carbocycles. The summed E-state index contributed by atoms with van der Waals surface area (Å²) >= 11 is 12.4. The Morgan fingerprint density at radius 3 is 2.16 bits per heavy atom. The van der Waals surface area contributed by atoms with Crippen LogP contribution < -0.4 is 5.73 Å². The minimum absolute atomic E-state index is 0.260. The van der Waals surface area contributed by atoms with Crippen molar-refractivity contribution in [3.8, 4) is 0 Å². The van der Waals surface area contributed by atoms with Gasteiger partial charge in [0, 0.05) is 10.0 Å². The Bertz CT molecular complexity index is 600. The highest BCUT2D eigenvalue weighted by atomic mass is 35.5. The van der Waals surface area contributed by atoms with Crippen molar-refractivity contribution in [2.75, 3.05) is 0 Å². The molecule has 19 heavy (non-hydrogen) atoms. The number of rotatable bonds is 2. The van der Waals surface area contributed by atoms with Crippen LogP contribution in [0.1, 0.15) is 33.9 Å². The maximum Gasteiger partial charge on any atom is 0.0567 e. The summed E-state index contributed by atoms with van der Waals surface area (Å²) in [6, 6.07) is 9.61. The van der Waals surface area contributed by atoms with E-state index in [0.717, 1.165) is 16.7 Å². The van der Waals surface area contributed by atoms with Crippen LogP contribution in [0.5, 0.6) is 0 Å². The highest BCUT2D eigenvalue weighted by molar-refractivity contribution is 6.31. The van der Waals surface area contributed by atoms with E-state index in [1.165, 1.54) is 11.1 Å². The number of halogens is 2. The van der Waals surface area contributed by atoms with Gasteiger partial charge in [-0.2, -0.15) is 0 Å². The number of benzene rings is 2. The zero-order valence-electron chi connectivity index (χ0n) is 11.3. The van der Waals surface area contributed by atoms with E-state index in [1.54, 1.807) is 0 Å². The standard InChI is InChI=1S/C16H17Cl2N/c1-9-4-12(8-13(17)5-9)16(19)14-6-10(2)11(3)7-15(14)18/h4-8,16H,19H2,1-3H3. The van der Waals surface area contributed by atoms with Gasteiger partial charge >= 0.3 is 0 Å². The second-order valence-electron chi connectivity index (χ2n) is 5.00. The van der Waals surface area contributed by atoms with Crippen molar-refractivity contribution < 1.29 is 0 Å². The first-order valence-corrected chi connectivity index (χ1v) is 6.93. The van der Waals surface area contributed by atoms with Crippen LogP contribution in [0.4, 0.5) is 0 Å². The van der Waals surface area contributed by atoms with Gasteiger partial charge in [-0.25, -0.2) is 0 Å². The molecule has 1 nitrogen and oxygen atoms in total. The van der Waals surface area contributed by atoms with Crippen LogP contribution in [0.15, 0.2) is 30.3 Å². The zero-order chi connectivity index (χ0) is 14.2. The first kappa shape index (κ1) is 14.4. The second-order valence-corrected chi connectivity index (χ2v) is 5.84. The van der Waals surface area contributed by atoms with Crippen LogP contribution in [-0.2, 0) is 0 Å². The van der Waals surface area contributed by atoms with Crippen LogP contribution in [0.3, 0.4) is 0 Å². The van der Waals surface area contributed by atoms with Gasteiger partial charge in [0.05, 0.1) is 6.04 Å². The predicted molar refractivity (Wildman–Crippen MR) is 83.1 cm³/mol. The molecule has 0 heterocycles. The van der Waals surface area contributed by atoms with E-state index in [9.17, 15) is 0 Å². The third-order valence-corrected chi connectivity index (χ3v) is 3.92. The van der Waals surface area contributed by atoms with Crippen LogP contribution >= 0.6 is 23.2 Å². The smallest absolute Gasteiger partial charge is 0.0567 e. The number of hydrogen-bond donors (Lipinski definition) is 1. The van der Waals surface area contributed by atoms with Crippen molar-refractivity contribution in [2.24, 2.45) is 5.73 Å². The largest absolute Gasteiger partial charge is 0.320 e. The topological polar surface area (TPSA) is 26.0 Å². The maximum atomic E-state index is 6.33. The molecule has 0 aliphatic carbocycles. The predicted octanol–water partition coefficient (Wildman–Crippen LogP) is 4.97. The van der Waals surface area contributed by atoms with Gasteiger partial charge in [-0.05, 0) is 66.8 Å². The van der Waals surface area contributed by atoms with E-state index in [2.05, 4.69) is 13.0 Å².